The summed E-state index contributed by atoms with van der Waals surface area (Å²) in [6.07, 6.45) is 0. The number of anilines is 1. The van der Waals surface area contributed by atoms with Crippen molar-refractivity contribution in [2.45, 2.75) is 12.5 Å². The Morgan fingerprint density at radius 1 is 1.03 bits per heavy atom. The van der Waals surface area contributed by atoms with Crippen LogP contribution in [0.25, 0.3) is 0 Å². The van der Waals surface area contributed by atoms with Crippen LogP contribution >= 0.6 is 0 Å². The first-order valence-corrected chi connectivity index (χ1v) is 9.38. The van der Waals surface area contributed by atoms with E-state index in [1.54, 1.807) is 57.4 Å². The maximum Gasteiger partial charge on any atom is 0.329 e. The van der Waals surface area contributed by atoms with Crippen molar-refractivity contribution in [3.8, 4) is 5.75 Å². The number of hydrogen-bond acceptors (Lipinski definition) is 6. The van der Waals surface area contributed by atoms with E-state index in [-0.39, 0.29) is 25.0 Å². The highest BCUT2D eigenvalue weighted by Gasteiger charge is 2.35. The lowest BCUT2D eigenvalue weighted by Crippen LogP contribution is -2.56. The van der Waals surface area contributed by atoms with E-state index in [0.29, 0.717) is 17.0 Å². The molecule has 8 nitrogen and oxygen atoms in total. The number of benzene rings is 2. The van der Waals surface area contributed by atoms with Crippen LogP contribution in [0.2, 0.25) is 0 Å². The van der Waals surface area contributed by atoms with Gasteiger partial charge in [-0.1, -0.05) is 24.3 Å². The first-order valence-electron chi connectivity index (χ1n) is 9.38. The van der Waals surface area contributed by atoms with Crippen LogP contribution in [0.3, 0.4) is 0 Å². The smallest absolute Gasteiger partial charge is 0.329 e. The molecule has 0 aliphatic rings. The quantitative estimate of drug-likeness (QED) is 0.610. The fraction of sp³-hybridized carbons (Fsp3) is 0.318. The van der Waals surface area contributed by atoms with Crippen molar-refractivity contribution >= 4 is 23.5 Å². The van der Waals surface area contributed by atoms with E-state index in [0.717, 1.165) is 0 Å². The normalized spacial score (nSPS) is 12.4. The van der Waals surface area contributed by atoms with Crippen LogP contribution in [0.4, 0.5) is 5.69 Å². The van der Waals surface area contributed by atoms with Crippen LogP contribution in [-0.2, 0) is 14.3 Å². The Labute approximate surface area is 176 Å². The van der Waals surface area contributed by atoms with Gasteiger partial charge in [0.15, 0.2) is 0 Å². The van der Waals surface area contributed by atoms with E-state index < -0.39 is 11.5 Å². The largest absolute Gasteiger partial charge is 0.491 e. The van der Waals surface area contributed by atoms with Crippen LogP contribution in [0.1, 0.15) is 17.3 Å². The molecule has 1 unspecified atom stereocenters. The minimum absolute atomic E-state index is 0.0240. The zero-order valence-corrected chi connectivity index (χ0v) is 17.6. The van der Waals surface area contributed by atoms with Gasteiger partial charge in [0.05, 0.1) is 13.7 Å². The maximum absolute atomic E-state index is 12.4. The Morgan fingerprint density at radius 2 is 1.73 bits per heavy atom. The number of ether oxygens (including phenoxy) is 2. The number of nitrogens with one attached hydrogen (secondary N) is 2. The molecule has 0 fully saturated rings. The average Bonchev–Trinajstić information content (AvgIpc) is 2.76. The van der Waals surface area contributed by atoms with Gasteiger partial charge in [0, 0.05) is 25.3 Å². The number of para-hydroxylation sites is 1. The summed E-state index contributed by atoms with van der Waals surface area (Å²) in [6, 6.07) is 15.7. The molecule has 0 radical (unpaired) electrons. The van der Waals surface area contributed by atoms with Crippen molar-refractivity contribution in [2.75, 3.05) is 39.7 Å². The first-order chi connectivity index (χ1) is 14.2. The third-order valence-corrected chi connectivity index (χ3v) is 4.35. The fourth-order valence-electron chi connectivity index (χ4n) is 2.62. The Hall–Kier alpha value is -3.39. The van der Waals surface area contributed by atoms with Crippen LogP contribution < -0.4 is 15.4 Å². The molecule has 160 valence electrons. The summed E-state index contributed by atoms with van der Waals surface area (Å²) in [5.41, 5.74) is -0.291. The maximum atomic E-state index is 12.4. The molecule has 0 spiro atoms. The van der Waals surface area contributed by atoms with Gasteiger partial charge in [-0.2, -0.15) is 0 Å². The van der Waals surface area contributed by atoms with Crippen molar-refractivity contribution < 1.29 is 23.9 Å². The molecular weight excluding hydrogens is 386 g/mol. The van der Waals surface area contributed by atoms with E-state index in [4.69, 9.17) is 9.47 Å². The van der Waals surface area contributed by atoms with E-state index in [2.05, 4.69) is 10.6 Å². The van der Waals surface area contributed by atoms with E-state index in [9.17, 15) is 14.4 Å². The van der Waals surface area contributed by atoms with E-state index in [1.807, 2.05) is 18.2 Å². The Bertz CT molecular complexity index is 885. The third kappa shape index (κ3) is 6.31. The molecule has 0 aromatic heterocycles. The van der Waals surface area contributed by atoms with Gasteiger partial charge in [-0.25, -0.2) is 4.79 Å². The third-order valence-electron chi connectivity index (χ3n) is 4.35. The predicted octanol–water partition coefficient (Wildman–Crippen LogP) is 1.93. The molecule has 8 heteroatoms. The minimum atomic E-state index is -1.23. The van der Waals surface area contributed by atoms with Crippen molar-refractivity contribution in [1.29, 1.82) is 0 Å². The molecule has 2 amide bonds. The van der Waals surface area contributed by atoms with Gasteiger partial charge in [0.1, 0.15) is 17.9 Å². The number of nitrogens with zero attached hydrogens (tertiary/aromatic N) is 1. The second-order valence-electron chi connectivity index (χ2n) is 7.11. The standard InChI is InChI=1S/C22H27N3O5/c1-22(21(28)29-4,15-30-18-11-6-5-7-12-18)23-14-19(26)24-17-10-8-9-16(13-17)20(27)25(2)3/h5-13,23H,14-15H2,1-4H3,(H,24,26). The number of hydrogen-bond donors (Lipinski definition) is 2. The van der Waals surface area contributed by atoms with E-state index in [1.165, 1.54) is 12.0 Å². The molecule has 30 heavy (non-hydrogen) atoms. The van der Waals surface area contributed by atoms with Crippen molar-refractivity contribution in [3.63, 3.8) is 0 Å². The van der Waals surface area contributed by atoms with Crippen LogP contribution in [-0.4, -0.2) is 62.6 Å². The van der Waals surface area contributed by atoms with Crippen LogP contribution in [0.15, 0.2) is 54.6 Å². The summed E-state index contributed by atoms with van der Waals surface area (Å²) in [5.74, 6) is -0.495. The minimum Gasteiger partial charge on any atom is -0.491 e. The SMILES string of the molecule is COC(=O)C(C)(COc1ccccc1)NCC(=O)Nc1cccc(C(=O)N(C)C)c1. The second-order valence-corrected chi connectivity index (χ2v) is 7.11. The van der Waals surface area contributed by atoms with Crippen molar-refractivity contribution in [2.24, 2.45) is 0 Å². The molecular formula is C22H27N3O5. The number of methoxy groups -OCH3 is 1. The van der Waals surface area contributed by atoms with E-state index >= 15 is 0 Å². The molecule has 2 aromatic carbocycles. The van der Waals surface area contributed by atoms with Crippen molar-refractivity contribution in [1.82, 2.24) is 10.2 Å². The first kappa shape index (κ1) is 22.9. The number of esters is 1. The summed E-state index contributed by atoms with van der Waals surface area (Å²) in [6.45, 7) is 1.42. The van der Waals surface area contributed by atoms with Crippen molar-refractivity contribution in [3.05, 3.63) is 60.2 Å². The summed E-state index contributed by atoms with van der Waals surface area (Å²) < 4.78 is 10.5. The molecule has 2 N–H and O–H groups in total. The van der Waals surface area contributed by atoms with Gasteiger partial charge >= 0.3 is 5.97 Å². The molecule has 2 rings (SSSR count). The summed E-state index contributed by atoms with van der Waals surface area (Å²) in [5, 5.41) is 5.62. The monoisotopic (exact) mass is 413 g/mol. The highest BCUT2D eigenvalue weighted by Crippen LogP contribution is 2.15. The molecule has 2 aromatic rings. The van der Waals surface area contributed by atoms with Gasteiger partial charge < -0.3 is 19.7 Å². The Kier molecular flexibility index (Phi) is 7.94. The number of rotatable bonds is 9. The molecule has 0 bridgehead atoms. The van der Waals surface area contributed by atoms with Gasteiger partial charge in [0.2, 0.25) is 5.91 Å². The number of carbonyl (C=O) groups is 3. The van der Waals surface area contributed by atoms with Gasteiger partial charge in [-0.3, -0.25) is 14.9 Å². The van der Waals surface area contributed by atoms with Crippen LogP contribution in [0, 0.1) is 0 Å². The summed E-state index contributed by atoms with van der Waals surface area (Å²) in [7, 11) is 4.59. The Morgan fingerprint density at radius 3 is 2.37 bits per heavy atom. The molecule has 0 heterocycles. The van der Waals surface area contributed by atoms with Gasteiger partial charge in [0.25, 0.3) is 5.91 Å². The highest BCUT2D eigenvalue weighted by molar-refractivity contribution is 5.97. The molecule has 0 saturated heterocycles. The zero-order valence-electron chi connectivity index (χ0n) is 17.6. The summed E-state index contributed by atoms with van der Waals surface area (Å²) in [4.78, 5) is 38.2. The lowest BCUT2D eigenvalue weighted by molar-refractivity contribution is -0.149. The Balaban J connectivity index is 1.99. The number of carbonyl (C=O) groups excluding carboxylic acids is 3. The average molecular weight is 413 g/mol. The number of amides is 2. The van der Waals surface area contributed by atoms with Gasteiger partial charge in [-0.15, -0.1) is 0 Å². The molecule has 1 atom stereocenters. The zero-order chi connectivity index (χ0) is 22.1. The van der Waals surface area contributed by atoms with Crippen LogP contribution in [0.5, 0.6) is 5.75 Å². The fourth-order valence-corrected chi connectivity index (χ4v) is 2.62. The second kappa shape index (κ2) is 10.4. The predicted molar refractivity (Wildman–Crippen MR) is 113 cm³/mol. The van der Waals surface area contributed by atoms with Gasteiger partial charge in [-0.05, 0) is 37.3 Å². The summed E-state index contributed by atoms with van der Waals surface area (Å²) >= 11 is 0. The molecule has 0 aliphatic carbocycles. The lowest BCUT2D eigenvalue weighted by atomic mass is 10.0. The molecule has 0 saturated carbocycles. The molecule has 0 aliphatic heterocycles. The highest BCUT2D eigenvalue weighted by atomic mass is 16.5. The lowest BCUT2D eigenvalue weighted by Gasteiger charge is -2.27. The topological polar surface area (TPSA) is 97.0 Å².